The highest BCUT2D eigenvalue weighted by Crippen LogP contribution is 2.55. The van der Waals surface area contributed by atoms with Gasteiger partial charge in [0.2, 0.25) is 5.82 Å². The van der Waals surface area contributed by atoms with Gasteiger partial charge in [0.1, 0.15) is 22.0 Å². The van der Waals surface area contributed by atoms with E-state index in [1.807, 2.05) is 12.1 Å². The first kappa shape index (κ1) is 44.3. The second kappa shape index (κ2) is 17.3. The Kier molecular flexibility index (Phi) is 11.6. The number of nitrogens with zero attached hydrogens (tertiary/aromatic N) is 5. The summed E-state index contributed by atoms with van der Waals surface area (Å²) in [7, 11) is -4.61. The zero-order valence-electron chi connectivity index (χ0n) is 38.1. The number of nitrogens with one attached hydrogen (secondary N) is 3. The number of aromatic amines is 1. The third-order valence-electron chi connectivity index (χ3n) is 15.4. The van der Waals surface area contributed by atoms with Gasteiger partial charge >= 0.3 is 5.69 Å². The highest BCUT2D eigenvalue weighted by molar-refractivity contribution is 7.90. The van der Waals surface area contributed by atoms with Gasteiger partial charge in [-0.2, -0.15) is 0 Å². The van der Waals surface area contributed by atoms with E-state index in [4.69, 9.17) is 9.47 Å². The molecule has 2 saturated heterocycles. The van der Waals surface area contributed by atoms with Crippen LogP contribution in [0, 0.1) is 26.9 Å². The number of fused-ring (bicyclic) bond motifs is 1. The van der Waals surface area contributed by atoms with E-state index in [0.29, 0.717) is 42.4 Å². The maximum absolute atomic E-state index is 14.0. The van der Waals surface area contributed by atoms with E-state index in [0.717, 1.165) is 101 Å². The van der Waals surface area contributed by atoms with Crippen LogP contribution < -0.4 is 19.7 Å². The van der Waals surface area contributed by atoms with Gasteiger partial charge in [0.25, 0.3) is 15.9 Å². The molecule has 10 rings (SSSR count). The number of amides is 1. The van der Waals surface area contributed by atoms with Crippen LogP contribution in [0.15, 0.2) is 84.1 Å². The summed E-state index contributed by atoms with van der Waals surface area (Å²) in [6.45, 7) is 11.4. The molecule has 3 N–H and O–H groups in total. The fraction of sp³-hybridized carbons (Fsp3) is 0.500. The summed E-state index contributed by atoms with van der Waals surface area (Å²) in [4.78, 5) is 41.7. The van der Waals surface area contributed by atoms with Gasteiger partial charge in [-0.15, -0.1) is 0 Å². The number of benzene rings is 2. The summed E-state index contributed by atoms with van der Waals surface area (Å²) in [6.07, 6.45) is 15.3. The zero-order chi connectivity index (χ0) is 45.8. The lowest BCUT2D eigenvalue weighted by Crippen LogP contribution is -2.63. The molecule has 3 aliphatic carbocycles. The molecule has 16 heteroatoms. The van der Waals surface area contributed by atoms with E-state index in [2.05, 4.69) is 79.8 Å². The molecule has 2 aromatic carbocycles. The third-order valence-corrected chi connectivity index (χ3v) is 16.7. The molecule has 5 aliphatic rings. The largest absolute Gasteiger partial charge is 0.455 e. The quantitative estimate of drug-likeness (QED) is 0.0753. The second-order valence-electron chi connectivity index (χ2n) is 20.5. The number of hydrogen-bond acceptors (Lipinski definition) is 12. The van der Waals surface area contributed by atoms with Gasteiger partial charge in [-0.25, -0.2) is 23.1 Å². The number of carbonyl (C=O) groups excluding carboxylic acids is 1. The molecule has 348 valence electrons. The maximum atomic E-state index is 14.0. The van der Waals surface area contributed by atoms with Gasteiger partial charge < -0.3 is 24.7 Å². The monoisotopic (exact) mass is 916 g/mol. The molecule has 3 saturated carbocycles. The Bertz CT molecular complexity index is 2750. The number of sulfonamides is 1. The molecule has 5 fully saturated rings. The number of rotatable bonds is 13. The van der Waals surface area contributed by atoms with Crippen molar-refractivity contribution in [1.29, 1.82) is 0 Å². The predicted molar refractivity (Wildman–Crippen MR) is 253 cm³/mol. The molecule has 0 radical (unpaired) electrons. The van der Waals surface area contributed by atoms with E-state index in [1.54, 1.807) is 30.6 Å². The Morgan fingerprint density at radius 3 is 2.48 bits per heavy atom. The fourth-order valence-corrected chi connectivity index (χ4v) is 12.1. The summed E-state index contributed by atoms with van der Waals surface area (Å²) in [5, 5.41) is 16.1. The lowest BCUT2D eigenvalue weighted by molar-refractivity contribution is -0.384. The van der Waals surface area contributed by atoms with Gasteiger partial charge in [0.15, 0.2) is 0 Å². The van der Waals surface area contributed by atoms with E-state index in [9.17, 15) is 23.3 Å². The lowest BCUT2D eigenvalue weighted by atomic mass is 9.59. The number of H-pyrrole nitrogens is 1. The minimum atomic E-state index is -4.61. The zero-order valence-corrected chi connectivity index (χ0v) is 38.9. The topological polar surface area (TPSA) is 185 Å². The molecule has 2 aliphatic heterocycles. The second-order valence-corrected chi connectivity index (χ2v) is 22.2. The van der Waals surface area contributed by atoms with Crippen LogP contribution in [0.1, 0.15) is 112 Å². The summed E-state index contributed by atoms with van der Waals surface area (Å²) in [5.41, 5.74) is 4.30. The molecule has 15 nitrogen and oxygen atoms in total. The number of piperidine rings is 1. The van der Waals surface area contributed by atoms with Gasteiger partial charge in [0, 0.05) is 61.6 Å². The van der Waals surface area contributed by atoms with Crippen LogP contribution in [0.25, 0.3) is 11.0 Å². The van der Waals surface area contributed by atoms with Crippen molar-refractivity contribution in [2.24, 2.45) is 16.7 Å². The van der Waals surface area contributed by atoms with Crippen molar-refractivity contribution in [2.45, 2.75) is 107 Å². The number of aromatic nitrogens is 3. The average molecular weight is 917 g/mol. The van der Waals surface area contributed by atoms with E-state index in [1.165, 1.54) is 24.0 Å². The van der Waals surface area contributed by atoms with Crippen LogP contribution >= 0.6 is 0 Å². The summed E-state index contributed by atoms with van der Waals surface area (Å²) < 4.78 is 42.2. The Labute approximate surface area is 386 Å². The third kappa shape index (κ3) is 8.86. The van der Waals surface area contributed by atoms with E-state index in [-0.39, 0.29) is 33.5 Å². The van der Waals surface area contributed by atoms with Crippen molar-refractivity contribution in [3.05, 3.63) is 106 Å². The number of morpholine rings is 1. The Morgan fingerprint density at radius 1 is 0.955 bits per heavy atom. The van der Waals surface area contributed by atoms with E-state index >= 15 is 0 Å². The Hall–Kier alpha value is -5.58. The molecule has 66 heavy (non-hydrogen) atoms. The SMILES string of the molecule is CC1(C)CCC(CNc2ncc(S(=O)(=O)NC(=O)c3ccc(N4CCC5(CC4)CC(N4CCOC[C@]4(C)c4ccccc4C4CC4)C5)cc3Oc3cnc4[nH]ccc4c3)cc2[N+](=O)[O-])CC1. The number of hydrogen-bond donors (Lipinski definition) is 3. The number of carbonyl (C=O) groups is 1. The molecule has 5 heterocycles. The van der Waals surface area contributed by atoms with Crippen LogP contribution in [0.3, 0.4) is 0 Å². The average Bonchev–Trinajstić information content (AvgIpc) is 4.04. The summed E-state index contributed by atoms with van der Waals surface area (Å²) in [6, 6.07) is 19.2. The van der Waals surface area contributed by atoms with Gasteiger partial charge in [-0.1, -0.05) is 38.1 Å². The Balaban J connectivity index is 0.840. The first-order chi connectivity index (χ1) is 31.7. The van der Waals surface area contributed by atoms with Gasteiger partial charge in [0.05, 0.1) is 41.6 Å². The van der Waals surface area contributed by atoms with Crippen molar-refractivity contribution in [3.8, 4) is 11.5 Å². The number of anilines is 2. The normalized spacial score (nSPS) is 22.5. The maximum Gasteiger partial charge on any atom is 0.312 e. The molecule has 0 bridgehead atoms. The number of pyridine rings is 2. The van der Waals surface area contributed by atoms with Crippen LogP contribution in [0.5, 0.6) is 11.5 Å². The minimum absolute atomic E-state index is 0.0134. The predicted octanol–water partition coefficient (Wildman–Crippen LogP) is 9.28. The van der Waals surface area contributed by atoms with Crippen molar-refractivity contribution in [3.63, 3.8) is 0 Å². The first-order valence-corrected chi connectivity index (χ1v) is 25.1. The van der Waals surface area contributed by atoms with Gasteiger partial charge in [-0.05, 0) is 129 Å². The summed E-state index contributed by atoms with van der Waals surface area (Å²) in [5.74, 6) is 0.536. The molecule has 0 unspecified atom stereocenters. The number of ether oxygens (including phenoxy) is 2. The molecule has 1 spiro atoms. The van der Waals surface area contributed by atoms with Crippen LogP contribution in [-0.4, -0.2) is 84.5 Å². The highest BCUT2D eigenvalue weighted by Gasteiger charge is 2.53. The van der Waals surface area contributed by atoms with Crippen molar-refractivity contribution in [2.75, 3.05) is 49.6 Å². The molecule has 3 aromatic heterocycles. The standard InChI is InChI=1S/C50H60N8O7S/c1-48(2)15-12-33(13-16-48)29-52-46-43(58(60)61)26-39(31-54-46)66(62,63)55-47(59)41-11-10-36(25-44(41)65-38-24-35-14-19-51-45(35)53-30-38)56-20-17-50(18-21-56)27-37(28-50)57-22-23-64-32-49(57,3)42-7-5-4-6-40(42)34-8-9-34/h4-7,10-11,14,19,24-26,30-31,33-34,37H,8-9,12-13,15-18,20-23,27-29,32H2,1-3H3,(H,51,53)(H,52,54)(H,55,59)/t49-/m1/s1. The summed E-state index contributed by atoms with van der Waals surface area (Å²) >= 11 is 0. The molecule has 1 atom stereocenters. The van der Waals surface area contributed by atoms with E-state index < -0.39 is 31.4 Å². The molecule has 1 amide bonds. The van der Waals surface area contributed by atoms with Crippen LogP contribution in [0.2, 0.25) is 0 Å². The smallest absolute Gasteiger partial charge is 0.312 e. The minimum Gasteiger partial charge on any atom is -0.455 e. The Morgan fingerprint density at radius 2 is 1.73 bits per heavy atom. The fourth-order valence-electron chi connectivity index (χ4n) is 11.2. The van der Waals surface area contributed by atoms with Crippen LogP contribution in [-0.2, 0) is 20.3 Å². The molecular formula is C50H60N8O7S. The molecule has 5 aromatic rings. The number of nitro groups is 1. The lowest BCUT2D eigenvalue weighted by Gasteiger charge is -2.60. The van der Waals surface area contributed by atoms with Gasteiger partial charge in [-0.3, -0.25) is 19.8 Å². The molecular weight excluding hydrogens is 857 g/mol. The van der Waals surface area contributed by atoms with Crippen molar-refractivity contribution >= 4 is 44.2 Å². The first-order valence-electron chi connectivity index (χ1n) is 23.6. The van der Waals surface area contributed by atoms with Crippen LogP contribution in [0.4, 0.5) is 17.2 Å². The van der Waals surface area contributed by atoms with Crippen molar-refractivity contribution < 1.29 is 27.6 Å². The highest BCUT2D eigenvalue weighted by atomic mass is 32.2. The van der Waals surface area contributed by atoms with Crippen molar-refractivity contribution in [1.82, 2.24) is 24.6 Å².